The molecule has 0 bridgehead atoms. The summed E-state index contributed by atoms with van der Waals surface area (Å²) < 4.78 is 138. The van der Waals surface area contributed by atoms with Gasteiger partial charge in [0.2, 0.25) is 0 Å². The first-order valence-corrected chi connectivity index (χ1v) is 11.2. The summed E-state index contributed by atoms with van der Waals surface area (Å²) in [5.41, 5.74) is -0.591. The zero-order chi connectivity index (χ0) is 37.8. The summed E-state index contributed by atoms with van der Waals surface area (Å²) in [7, 11) is 0. The number of fused-ring (bicyclic) bond motifs is 3. The molecule has 0 unspecified atom stereocenters. The maximum atomic E-state index is 9.27. The van der Waals surface area contributed by atoms with Crippen molar-refractivity contribution in [3.8, 4) is 33.4 Å². The highest BCUT2D eigenvalue weighted by Crippen LogP contribution is 2.44. The smallest absolute Gasteiger partial charge is 0.0622 e. The van der Waals surface area contributed by atoms with Crippen LogP contribution in [0, 0.1) is 0 Å². The third kappa shape index (κ3) is 3.39. The summed E-state index contributed by atoms with van der Waals surface area (Å²) in [6, 6.07) is 4.11. The van der Waals surface area contributed by atoms with Crippen LogP contribution in [-0.2, 0) is 0 Å². The molecule has 7 aromatic rings. The van der Waals surface area contributed by atoms with E-state index < -0.39 is 108 Å². The van der Waals surface area contributed by atoms with Crippen LogP contribution in [0.4, 0.5) is 0 Å². The first kappa shape index (κ1) is 10.1. The fourth-order valence-electron chi connectivity index (χ4n) is 4.51. The Labute approximate surface area is 233 Å². The molecule has 0 saturated heterocycles. The second-order valence-corrected chi connectivity index (χ2v) is 8.09. The van der Waals surface area contributed by atoms with Crippen molar-refractivity contribution in [2.45, 2.75) is 0 Å². The molecule has 0 radical (unpaired) electrons. The van der Waals surface area contributed by atoms with Crippen LogP contribution in [0.15, 0.2) is 145 Å². The number of hydrogen-bond donors (Lipinski definition) is 0. The van der Waals surface area contributed by atoms with Crippen LogP contribution in [0.2, 0.25) is 0 Å². The van der Waals surface area contributed by atoms with E-state index in [2.05, 4.69) is 0 Å². The molecule has 0 fully saturated rings. The highest BCUT2D eigenvalue weighted by atomic mass is 14.2. The van der Waals surface area contributed by atoms with Gasteiger partial charge in [-0.1, -0.05) is 139 Å². The van der Waals surface area contributed by atoms with Crippen molar-refractivity contribution in [1.82, 2.24) is 0 Å². The molecule has 36 heavy (non-hydrogen) atoms. The molecule has 0 aromatic heterocycles. The Morgan fingerprint density at radius 3 is 1.42 bits per heavy atom. The number of benzene rings is 7. The summed E-state index contributed by atoms with van der Waals surface area (Å²) in [5.74, 6) is 0. The molecule has 0 nitrogen and oxygen atoms in total. The maximum absolute atomic E-state index is 9.27. The van der Waals surface area contributed by atoms with Crippen molar-refractivity contribution in [2.24, 2.45) is 0 Å². The first-order chi connectivity index (χ1) is 24.5. The van der Waals surface area contributed by atoms with Gasteiger partial charge in [0, 0.05) is 0 Å². The summed E-state index contributed by atoms with van der Waals surface area (Å²) in [4.78, 5) is 0. The van der Waals surface area contributed by atoms with E-state index in [0.29, 0.717) is 27.1 Å². The van der Waals surface area contributed by atoms with Crippen LogP contribution >= 0.6 is 0 Å². The van der Waals surface area contributed by atoms with E-state index in [1.807, 2.05) is 0 Å². The van der Waals surface area contributed by atoms with E-state index in [0.717, 1.165) is 0 Å². The standard InChI is InChI=1S/C36H24/c1-2-10-25(11-3-1)27-18-21-28(22-19-27)35-31-14-6-8-16-33(31)36(34-17-9-7-15-32(34)35)30-23-20-26-12-4-5-13-29(26)24-30/h1-24H/i1D,2D,3D,4D,5D,10D,11D,12D,13D,18D,19D,20D,21D,22D,23D,24D. The molecule has 0 atom stereocenters. The third-order valence-electron chi connectivity index (χ3n) is 6.06. The molecule has 0 amide bonds. The SMILES string of the molecule is [2H]c1c([2H])c([2H])c(-c2c([2H])c([2H])c(-c3c4ccccc4c(-c4c([2H])c([2H])c5c([2H])c([2H])c([2H])c([2H])c5c4[2H])c4ccccc34)c([2H])c2[2H])c([2H])c1[2H]. The highest BCUT2D eigenvalue weighted by molar-refractivity contribution is 6.21. The fraction of sp³-hybridized carbons (Fsp3) is 0. The van der Waals surface area contributed by atoms with Gasteiger partial charge < -0.3 is 0 Å². The minimum Gasteiger partial charge on any atom is -0.0622 e. The average molecular weight is 473 g/mol. The Kier molecular flexibility index (Phi) is 2.40. The second kappa shape index (κ2) is 8.52. The van der Waals surface area contributed by atoms with Crippen LogP contribution in [0.1, 0.15) is 21.9 Å². The highest BCUT2D eigenvalue weighted by Gasteiger charge is 2.16. The van der Waals surface area contributed by atoms with E-state index in [-0.39, 0.29) is 27.5 Å². The van der Waals surface area contributed by atoms with Crippen molar-refractivity contribution in [2.75, 3.05) is 0 Å². The first-order valence-electron chi connectivity index (χ1n) is 19.2. The summed E-state index contributed by atoms with van der Waals surface area (Å²) in [6.45, 7) is 0. The molecule has 0 aliphatic rings. The lowest BCUT2D eigenvalue weighted by molar-refractivity contribution is 1.61. The van der Waals surface area contributed by atoms with Crippen molar-refractivity contribution in [3.05, 3.63) is 145 Å². The lowest BCUT2D eigenvalue weighted by Crippen LogP contribution is -1.91. The Morgan fingerprint density at radius 1 is 0.361 bits per heavy atom. The fourth-order valence-corrected chi connectivity index (χ4v) is 4.51. The molecule has 0 saturated carbocycles. The Morgan fingerprint density at radius 2 is 0.806 bits per heavy atom. The lowest BCUT2D eigenvalue weighted by Gasteiger charge is -2.18. The predicted molar refractivity (Wildman–Crippen MR) is 155 cm³/mol. The van der Waals surface area contributed by atoms with Gasteiger partial charge in [-0.3, -0.25) is 0 Å². The third-order valence-corrected chi connectivity index (χ3v) is 6.06. The molecule has 0 heterocycles. The van der Waals surface area contributed by atoms with E-state index in [1.54, 1.807) is 48.5 Å². The molecule has 0 N–H and O–H groups in total. The molecular formula is C36H24. The quantitative estimate of drug-likeness (QED) is 0.224. The molecule has 0 aliphatic heterocycles. The summed E-state index contributed by atoms with van der Waals surface area (Å²) in [6.07, 6.45) is 0. The van der Waals surface area contributed by atoms with E-state index in [1.165, 1.54) is 0 Å². The molecular weight excluding hydrogens is 432 g/mol. The van der Waals surface area contributed by atoms with Gasteiger partial charge in [0.25, 0.3) is 0 Å². The Hall–Kier alpha value is -4.68. The van der Waals surface area contributed by atoms with Crippen LogP contribution in [0.25, 0.3) is 65.7 Å². The zero-order valence-electron chi connectivity index (χ0n) is 34.6. The van der Waals surface area contributed by atoms with Crippen molar-refractivity contribution >= 4 is 32.3 Å². The normalized spacial score (nSPS) is 17.6. The molecule has 7 aromatic carbocycles. The van der Waals surface area contributed by atoms with Crippen LogP contribution < -0.4 is 0 Å². The Bertz CT molecular complexity index is 2640. The lowest BCUT2D eigenvalue weighted by atomic mass is 9.85. The molecule has 7 rings (SSSR count). The van der Waals surface area contributed by atoms with Crippen LogP contribution in [0.5, 0.6) is 0 Å². The van der Waals surface area contributed by atoms with E-state index >= 15 is 0 Å². The van der Waals surface area contributed by atoms with Gasteiger partial charge in [-0.05, 0) is 71.7 Å². The minimum absolute atomic E-state index is 0.0717. The second-order valence-electron chi connectivity index (χ2n) is 8.09. The molecule has 0 aliphatic carbocycles. The summed E-state index contributed by atoms with van der Waals surface area (Å²) in [5, 5.41) is 1.08. The predicted octanol–water partition coefficient (Wildman–Crippen LogP) is 10.1. The minimum atomic E-state index is -0.688. The van der Waals surface area contributed by atoms with E-state index in [9.17, 15) is 4.11 Å². The van der Waals surface area contributed by atoms with E-state index in [4.69, 9.17) is 17.8 Å². The van der Waals surface area contributed by atoms with Gasteiger partial charge in [0.15, 0.2) is 0 Å². The van der Waals surface area contributed by atoms with Crippen molar-refractivity contribution in [3.63, 3.8) is 0 Å². The topological polar surface area (TPSA) is 0 Å². The van der Waals surface area contributed by atoms with Crippen molar-refractivity contribution in [1.29, 1.82) is 0 Å². The van der Waals surface area contributed by atoms with Gasteiger partial charge in [0.05, 0.1) is 21.9 Å². The zero-order valence-corrected chi connectivity index (χ0v) is 18.6. The molecule has 168 valence electrons. The van der Waals surface area contributed by atoms with Gasteiger partial charge in [0.1, 0.15) is 0 Å². The van der Waals surface area contributed by atoms with Crippen molar-refractivity contribution < 1.29 is 21.9 Å². The van der Waals surface area contributed by atoms with Crippen LogP contribution in [-0.4, -0.2) is 0 Å². The monoisotopic (exact) mass is 472 g/mol. The largest absolute Gasteiger partial charge is 0.0636 e. The Balaban J connectivity index is 1.64. The van der Waals surface area contributed by atoms with Gasteiger partial charge in [-0.2, -0.15) is 0 Å². The van der Waals surface area contributed by atoms with Crippen LogP contribution in [0.3, 0.4) is 0 Å². The molecule has 0 heteroatoms. The van der Waals surface area contributed by atoms with Gasteiger partial charge in [-0.15, -0.1) is 0 Å². The average Bonchev–Trinajstić information content (AvgIpc) is 3.14. The van der Waals surface area contributed by atoms with Gasteiger partial charge >= 0.3 is 0 Å². The number of rotatable bonds is 3. The summed E-state index contributed by atoms with van der Waals surface area (Å²) >= 11 is 0. The van der Waals surface area contributed by atoms with Gasteiger partial charge in [-0.25, -0.2) is 0 Å². The molecule has 0 spiro atoms. The maximum Gasteiger partial charge on any atom is 0.0636 e. The number of hydrogen-bond acceptors (Lipinski definition) is 0.